The summed E-state index contributed by atoms with van der Waals surface area (Å²) in [6, 6.07) is -0.425. The Morgan fingerprint density at radius 2 is 1.96 bits per heavy atom. The van der Waals surface area contributed by atoms with Crippen LogP contribution in [0.2, 0.25) is 0 Å². The lowest BCUT2D eigenvalue weighted by Crippen LogP contribution is -2.47. The zero-order valence-corrected chi connectivity index (χ0v) is 14.6. The summed E-state index contributed by atoms with van der Waals surface area (Å²) in [5, 5.41) is 2.21. The number of carbonyl (C=O) groups is 2. The van der Waals surface area contributed by atoms with E-state index in [2.05, 4.69) is 10.0 Å². The molecule has 0 aromatic heterocycles. The van der Waals surface area contributed by atoms with Crippen LogP contribution < -0.4 is 10.0 Å². The predicted molar refractivity (Wildman–Crippen MR) is 84.0 cm³/mol. The Morgan fingerprint density at radius 3 is 2.43 bits per heavy atom. The quantitative estimate of drug-likeness (QED) is 0.706. The highest BCUT2D eigenvalue weighted by molar-refractivity contribution is 7.90. The first-order valence-electron chi connectivity index (χ1n) is 7.83. The van der Waals surface area contributed by atoms with Crippen molar-refractivity contribution < 1.29 is 22.7 Å². The SMILES string of the molecule is CC(C)(C)OC(=O)N1C[C@H](NS(=O)(=O)C2CCC2)C[C@H]1NC=O. The molecule has 132 valence electrons. The van der Waals surface area contributed by atoms with Crippen LogP contribution in [0.4, 0.5) is 4.79 Å². The molecular formula is C14H25N3O5S. The Bertz CT molecular complexity index is 553. The number of ether oxygens (including phenoxy) is 1. The second kappa shape index (κ2) is 6.64. The number of hydrogen-bond donors (Lipinski definition) is 2. The van der Waals surface area contributed by atoms with E-state index in [-0.39, 0.29) is 11.8 Å². The van der Waals surface area contributed by atoms with Gasteiger partial charge in [0.1, 0.15) is 11.8 Å². The Hall–Kier alpha value is -1.35. The topological polar surface area (TPSA) is 105 Å². The lowest BCUT2D eigenvalue weighted by atomic mass is 10.0. The smallest absolute Gasteiger partial charge is 0.411 e. The van der Waals surface area contributed by atoms with Crippen molar-refractivity contribution in [3.63, 3.8) is 0 Å². The highest BCUT2D eigenvalue weighted by atomic mass is 32.2. The molecule has 0 unspecified atom stereocenters. The van der Waals surface area contributed by atoms with Crippen LogP contribution in [0.15, 0.2) is 0 Å². The first-order valence-corrected chi connectivity index (χ1v) is 9.37. The number of rotatable bonds is 5. The molecule has 0 bridgehead atoms. The zero-order chi connectivity index (χ0) is 17.3. The van der Waals surface area contributed by atoms with E-state index < -0.39 is 33.9 Å². The maximum Gasteiger partial charge on any atom is 0.411 e. The molecule has 1 aliphatic heterocycles. The summed E-state index contributed by atoms with van der Waals surface area (Å²) in [5.74, 6) is 0. The molecule has 1 saturated carbocycles. The minimum absolute atomic E-state index is 0.173. The van der Waals surface area contributed by atoms with Gasteiger partial charge in [-0.1, -0.05) is 6.42 Å². The van der Waals surface area contributed by atoms with E-state index >= 15 is 0 Å². The number of hydrogen-bond acceptors (Lipinski definition) is 5. The Balaban J connectivity index is 2.02. The third kappa shape index (κ3) is 4.57. The van der Waals surface area contributed by atoms with E-state index in [1.165, 1.54) is 4.90 Å². The third-order valence-electron chi connectivity index (χ3n) is 4.01. The highest BCUT2D eigenvalue weighted by Gasteiger charge is 2.41. The van der Waals surface area contributed by atoms with Gasteiger partial charge in [0.25, 0.3) is 0 Å². The largest absolute Gasteiger partial charge is 0.444 e. The van der Waals surface area contributed by atoms with E-state index in [1.807, 2.05) is 0 Å². The molecule has 1 saturated heterocycles. The number of amides is 2. The van der Waals surface area contributed by atoms with Gasteiger partial charge in [0.05, 0.1) is 5.25 Å². The molecule has 2 aliphatic rings. The highest BCUT2D eigenvalue weighted by Crippen LogP contribution is 2.27. The summed E-state index contributed by atoms with van der Waals surface area (Å²) < 4.78 is 32.4. The fourth-order valence-corrected chi connectivity index (χ4v) is 4.47. The van der Waals surface area contributed by atoms with Crippen molar-refractivity contribution in [2.75, 3.05) is 6.54 Å². The fraction of sp³-hybridized carbons (Fsp3) is 0.857. The molecule has 2 fully saturated rings. The van der Waals surface area contributed by atoms with Gasteiger partial charge in [-0.15, -0.1) is 0 Å². The summed E-state index contributed by atoms with van der Waals surface area (Å²) in [5.41, 5.74) is -0.660. The standard InChI is InChI=1S/C14H25N3O5S/c1-14(2,3)22-13(19)17-8-10(7-12(17)15-9-18)16-23(20,21)11-5-4-6-11/h9-12,16H,4-8H2,1-3H3,(H,15,18)/t10-,12+/m1/s1. The molecule has 2 N–H and O–H groups in total. The van der Waals surface area contributed by atoms with E-state index in [0.29, 0.717) is 25.7 Å². The number of sulfonamides is 1. The number of nitrogens with one attached hydrogen (secondary N) is 2. The summed E-state index contributed by atoms with van der Waals surface area (Å²) in [6.07, 6.45) is 1.96. The van der Waals surface area contributed by atoms with Crippen molar-refractivity contribution in [1.29, 1.82) is 0 Å². The molecule has 1 heterocycles. The van der Waals surface area contributed by atoms with Crippen molar-refractivity contribution in [3.05, 3.63) is 0 Å². The van der Waals surface area contributed by atoms with Crippen LogP contribution in [0.5, 0.6) is 0 Å². The van der Waals surface area contributed by atoms with Gasteiger partial charge in [-0.05, 0) is 33.6 Å². The van der Waals surface area contributed by atoms with Crippen LogP contribution in [0.3, 0.4) is 0 Å². The van der Waals surface area contributed by atoms with Gasteiger partial charge in [-0.25, -0.2) is 17.9 Å². The maximum absolute atomic E-state index is 12.2. The van der Waals surface area contributed by atoms with Crippen LogP contribution >= 0.6 is 0 Å². The second-order valence-corrected chi connectivity index (χ2v) is 9.07. The van der Waals surface area contributed by atoms with Crippen LogP contribution in [-0.2, 0) is 19.6 Å². The molecule has 0 aromatic rings. The predicted octanol–water partition coefficient (Wildman–Crippen LogP) is 0.540. The molecule has 0 spiro atoms. The average Bonchev–Trinajstić information content (AvgIpc) is 2.66. The normalized spacial score (nSPS) is 25.8. The first-order chi connectivity index (χ1) is 10.6. The number of likely N-dealkylation sites (tertiary alicyclic amines) is 1. The third-order valence-corrected chi connectivity index (χ3v) is 6.02. The lowest BCUT2D eigenvalue weighted by Gasteiger charge is -2.28. The molecule has 1 aliphatic carbocycles. The molecule has 2 atom stereocenters. The van der Waals surface area contributed by atoms with E-state index in [0.717, 1.165) is 6.42 Å². The van der Waals surface area contributed by atoms with Crippen molar-refractivity contribution in [2.24, 2.45) is 0 Å². The van der Waals surface area contributed by atoms with Crippen molar-refractivity contribution >= 4 is 22.5 Å². The van der Waals surface area contributed by atoms with Gasteiger partial charge in [0.15, 0.2) is 0 Å². The van der Waals surface area contributed by atoms with Gasteiger partial charge >= 0.3 is 6.09 Å². The van der Waals surface area contributed by atoms with Crippen molar-refractivity contribution in [1.82, 2.24) is 14.9 Å². The molecule has 2 rings (SSSR count). The summed E-state index contributed by atoms with van der Waals surface area (Å²) in [7, 11) is -3.37. The van der Waals surface area contributed by atoms with Crippen LogP contribution in [0.1, 0.15) is 46.5 Å². The average molecular weight is 347 g/mol. The van der Waals surface area contributed by atoms with Crippen LogP contribution in [0.25, 0.3) is 0 Å². The minimum atomic E-state index is -3.37. The fourth-order valence-electron chi connectivity index (χ4n) is 2.69. The summed E-state index contributed by atoms with van der Waals surface area (Å²) in [4.78, 5) is 24.3. The van der Waals surface area contributed by atoms with E-state index in [4.69, 9.17) is 4.74 Å². The number of carbonyl (C=O) groups excluding carboxylic acids is 2. The van der Waals surface area contributed by atoms with Crippen molar-refractivity contribution in [2.45, 2.75) is 69.5 Å². The van der Waals surface area contributed by atoms with Crippen molar-refractivity contribution in [3.8, 4) is 0 Å². The van der Waals surface area contributed by atoms with E-state index in [9.17, 15) is 18.0 Å². The summed E-state index contributed by atoms with van der Waals surface area (Å²) in [6.45, 7) is 5.42. The maximum atomic E-state index is 12.2. The molecule has 9 heteroatoms. The molecule has 0 radical (unpaired) electrons. The van der Waals surface area contributed by atoms with E-state index in [1.54, 1.807) is 20.8 Å². The Labute approximate surface area is 137 Å². The molecule has 8 nitrogen and oxygen atoms in total. The molecule has 0 aromatic carbocycles. The molecule has 2 amide bonds. The number of nitrogens with zero attached hydrogens (tertiary/aromatic N) is 1. The van der Waals surface area contributed by atoms with Gasteiger partial charge in [-0.3, -0.25) is 9.69 Å². The molecular weight excluding hydrogens is 322 g/mol. The monoisotopic (exact) mass is 347 g/mol. The Kier molecular flexibility index (Phi) is 5.20. The molecule has 23 heavy (non-hydrogen) atoms. The van der Waals surface area contributed by atoms with Gasteiger partial charge in [0, 0.05) is 19.0 Å². The Morgan fingerprint density at radius 1 is 1.30 bits per heavy atom. The lowest BCUT2D eigenvalue weighted by molar-refractivity contribution is -0.110. The van der Waals surface area contributed by atoms with Crippen LogP contribution in [-0.4, -0.2) is 55.4 Å². The minimum Gasteiger partial charge on any atom is -0.444 e. The van der Waals surface area contributed by atoms with Gasteiger partial charge in [0.2, 0.25) is 16.4 Å². The summed E-state index contributed by atoms with van der Waals surface area (Å²) >= 11 is 0. The van der Waals surface area contributed by atoms with Crippen LogP contribution in [0, 0.1) is 0 Å². The first kappa shape index (κ1) is 18.0. The zero-order valence-electron chi connectivity index (χ0n) is 13.7. The second-order valence-electron chi connectivity index (χ2n) is 7.08. The van der Waals surface area contributed by atoms with Gasteiger partial charge in [-0.2, -0.15) is 0 Å². The van der Waals surface area contributed by atoms with Gasteiger partial charge < -0.3 is 10.1 Å².